The fourth-order valence-corrected chi connectivity index (χ4v) is 3.82. The Labute approximate surface area is 160 Å². The van der Waals surface area contributed by atoms with Gasteiger partial charge in [0.2, 0.25) is 0 Å². The first kappa shape index (κ1) is 17.6. The van der Waals surface area contributed by atoms with Crippen LogP contribution in [0.2, 0.25) is 0 Å². The predicted octanol–water partition coefficient (Wildman–Crippen LogP) is 3.74. The van der Waals surface area contributed by atoms with Crippen molar-refractivity contribution in [2.24, 2.45) is 0 Å². The molecular formula is C20H19FN4OS. The number of amides is 1. The minimum atomic E-state index is -0.266. The van der Waals surface area contributed by atoms with Crippen LogP contribution in [0.3, 0.4) is 0 Å². The van der Waals surface area contributed by atoms with E-state index < -0.39 is 0 Å². The number of hydrogen-bond donors (Lipinski definition) is 1. The van der Waals surface area contributed by atoms with E-state index in [2.05, 4.69) is 20.4 Å². The molecule has 27 heavy (non-hydrogen) atoms. The van der Waals surface area contributed by atoms with Gasteiger partial charge in [-0.25, -0.2) is 4.39 Å². The lowest BCUT2D eigenvalue weighted by atomic mass is 10.0. The third-order valence-electron chi connectivity index (χ3n) is 4.73. The highest BCUT2D eigenvalue weighted by Crippen LogP contribution is 2.21. The van der Waals surface area contributed by atoms with E-state index in [1.54, 1.807) is 12.1 Å². The molecule has 0 atom stereocenters. The van der Waals surface area contributed by atoms with Crippen LogP contribution >= 0.6 is 11.3 Å². The molecule has 3 heterocycles. The molecule has 0 aliphatic carbocycles. The van der Waals surface area contributed by atoms with Crippen LogP contribution in [0.1, 0.15) is 23.2 Å². The molecule has 1 aliphatic rings. The lowest BCUT2D eigenvalue weighted by Gasteiger charge is -2.32. The molecule has 2 aromatic heterocycles. The maximum absolute atomic E-state index is 13.0. The Hall–Kier alpha value is -2.80. The number of aromatic nitrogens is 2. The molecule has 1 aromatic carbocycles. The van der Waals surface area contributed by atoms with Gasteiger partial charge in [-0.1, -0.05) is 0 Å². The van der Waals surface area contributed by atoms with Crippen molar-refractivity contribution in [1.82, 2.24) is 15.5 Å². The van der Waals surface area contributed by atoms with Crippen molar-refractivity contribution in [3.05, 3.63) is 64.6 Å². The highest BCUT2D eigenvalue weighted by Gasteiger charge is 2.22. The van der Waals surface area contributed by atoms with E-state index in [4.69, 9.17) is 0 Å². The first-order chi connectivity index (χ1) is 13.2. The van der Waals surface area contributed by atoms with Crippen molar-refractivity contribution < 1.29 is 9.18 Å². The van der Waals surface area contributed by atoms with Gasteiger partial charge >= 0.3 is 0 Å². The lowest BCUT2D eigenvalue weighted by Crippen LogP contribution is -2.44. The number of thiophene rings is 1. The summed E-state index contributed by atoms with van der Waals surface area (Å²) in [5.41, 5.74) is 2.28. The Bertz CT molecular complexity index is 889. The summed E-state index contributed by atoms with van der Waals surface area (Å²) in [6.45, 7) is 1.64. The van der Waals surface area contributed by atoms with Gasteiger partial charge in [-0.3, -0.25) is 4.79 Å². The van der Waals surface area contributed by atoms with Gasteiger partial charge in [0.1, 0.15) is 5.82 Å². The Morgan fingerprint density at radius 2 is 1.85 bits per heavy atom. The normalized spacial score (nSPS) is 14.9. The predicted molar refractivity (Wildman–Crippen MR) is 104 cm³/mol. The van der Waals surface area contributed by atoms with Gasteiger partial charge in [0, 0.05) is 35.6 Å². The van der Waals surface area contributed by atoms with Crippen LogP contribution in [-0.2, 0) is 0 Å². The molecule has 7 heteroatoms. The summed E-state index contributed by atoms with van der Waals surface area (Å²) in [6, 6.07) is 12.1. The highest BCUT2D eigenvalue weighted by molar-refractivity contribution is 7.08. The Morgan fingerprint density at radius 3 is 2.48 bits per heavy atom. The molecule has 1 amide bonds. The maximum atomic E-state index is 13.0. The van der Waals surface area contributed by atoms with Crippen LogP contribution < -0.4 is 10.2 Å². The monoisotopic (exact) mass is 382 g/mol. The average molecular weight is 382 g/mol. The van der Waals surface area contributed by atoms with E-state index in [-0.39, 0.29) is 17.8 Å². The summed E-state index contributed by atoms with van der Waals surface area (Å²) in [5.74, 6) is 0.555. The molecule has 5 nitrogen and oxygen atoms in total. The van der Waals surface area contributed by atoms with Crippen LogP contribution in [0.25, 0.3) is 11.3 Å². The molecular weight excluding hydrogens is 363 g/mol. The van der Waals surface area contributed by atoms with Crippen LogP contribution in [0.4, 0.5) is 10.2 Å². The zero-order valence-electron chi connectivity index (χ0n) is 14.6. The molecule has 0 radical (unpaired) electrons. The van der Waals surface area contributed by atoms with Crippen LogP contribution in [0.5, 0.6) is 0 Å². The van der Waals surface area contributed by atoms with Gasteiger partial charge in [0.05, 0.1) is 5.69 Å². The summed E-state index contributed by atoms with van der Waals surface area (Å²) in [6.07, 6.45) is 1.74. The average Bonchev–Trinajstić information content (AvgIpc) is 3.24. The number of piperidine rings is 1. The van der Waals surface area contributed by atoms with E-state index in [1.807, 2.05) is 29.0 Å². The molecule has 0 unspecified atom stereocenters. The Morgan fingerprint density at radius 1 is 1.07 bits per heavy atom. The molecule has 0 spiro atoms. The quantitative estimate of drug-likeness (QED) is 0.747. The fraction of sp³-hybridized carbons (Fsp3) is 0.250. The Balaban J connectivity index is 1.34. The van der Waals surface area contributed by atoms with Gasteiger partial charge in [0.25, 0.3) is 5.91 Å². The molecule has 1 fully saturated rings. The third kappa shape index (κ3) is 4.14. The standard InChI is InChI=1S/C20H19FN4OS/c21-16-3-1-14(2-4-16)18-5-6-19(24-23-18)25-10-7-17(8-11-25)22-20(26)15-9-12-27-13-15/h1-6,9,12-13,17H,7-8,10-11H2,(H,22,26). The summed E-state index contributed by atoms with van der Waals surface area (Å²) in [7, 11) is 0. The molecule has 3 aromatic rings. The molecule has 1 N–H and O–H groups in total. The molecule has 0 saturated carbocycles. The number of carbonyl (C=O) groups excluding carboxylic acids is 1. The van der Waals surface area contributed by atoms with E-state index in [1.165, 1.54) is 23.5 Å². The first-order valence-electron chi connectivity index (χ1n) is 8.87. The zero-order valence-corrected chi connectivity index (χ0v) is 15.5. The van der Waals surface area contributed by atoms with Crippen molar-refractivity contribution in [3.63, 3.8) is 0 Å². The second-order valence-electron chi connectivity index (χ2n) is 6.53. The van der Waals surface area contributed by atoms with Crippen molar-refractivity contribution in [2.75, 3.05) is 18.0 Å². The number of nitrogens with one attached hydrogen (secondary N) is 1. The molecule has 1 aliphatic heterocycles. The van der Waals surface area contributed by atoms with Crippen molar-refractivity contribution in [3.8, 4) is 11.3 Å². The smallest absolute Gasteiger partial charge is 0.252 e. The highest BCUT2D eigenvalue weighted by atomic mass is 32.1. The summed E-state index contributed by atoms with van der Waals surface area (Å²) < 4.78 is 13.0. The van der Waals surface area contributed by atoms with E-state index >= 15 is 0 Å². The number of anilines is 1. The van der Waals surface area contributed by atoms with Crippen molar-refractivity contribution in [1.29, 1.82) is 0 Å². The second kappa shape index (κ2) is 7.84. The first-order valence-corrected chi connectivity index (χ1v) is 9.81. The summed E-state index contributed by atoms with van der Waals surface area (Å²) in [5, 5.41) is 15.5. The Kier molecular flexibility index (Phi) is 5.11. The number of carbonyl (C=O) groups is 1. The van der Waals surface area contributed by atoms with Crippen molar-refractivity contribution in [2.45, 2.75) is 18.9 Å². The maximum Gasteiger partial charge on any atom is 0.252 e. The number of rotatable bonds is 4. The zero-order chi connectivity index (χ0) is 18.6. The largest absolute Gasteiger partial charge is 0.355 e. The minimum absolute atomic E-state index is 0.00172. The van der Waals surface area contributed by atoms with Crippen LogP contribution in [0, 0.1) is 5.82 Å². The van der Waals surface area contributed by atoms with Gasteiger partial charge in [-0.05, 0) is 60.7 Å². The SMILES string of the molecule is O=C(NC1CCN(c2ccc(-c3ccc(F)cc3)nn2)CC1)c1ccsc1. The molecule has 1 saturated heterocycles. The van der Waals surface area contributed by atoms with Crippen LogP contribution in [0.15, 0.2) is 53.2 Å². The van der Waals surface area contributed by atoms with Gasteiger partial charge in [0.15, 0.2) is 5.82 Å². The van der Waals surface area contributed by atoms with Crippen LogP contribution in [-0.4, -0.2) is 35.2 Å². The van der Waals surface area contributed by atoms with Gasteiger partial charge in [-0.2, -0.15) is 11.3 Å². The molecule has 0 bridgehead atoms. The van der Waals surface area contributed by atoms with Gasteiger partial charge < -0.3 is 10.2 Å². The number of nitrogens with zero attached hydrogens (tertiary/aromatic N) is 3. The number of hydrogen-bond acceptors (Lipinski definition) is 5. The fourth-order valence-electron chi connectivity index (χ4n) is 3.18. The van der Waals surface area contributed by atoms with E-state index in [0.717, 1.165) is 48.6 Å². The summed E-state index contributed by atoms with van der Waals surface area (Å²) in [4.78, 5) is 14.3. The minimum Gasteiger partial charge on any atom is -0.355 e. The molecule has 138 valence electrons. The van der Waals surface area contributed by atoms with E-state index in [0.29, 0.717) is 0 Å². The lowest BCUT2D eigenvalue weighted by molar-refractivity contribution is 0.0931. The topological polar surface area (TPSA) is 58.1 Å². The van der Waals surface area contributed by atoms with Gasteiger partial charge in [-0.15, -0.1) is 10.2 Å². The second-order valence-corrected chi connectivity index (χ2v) is 7.31. The third-order valence-corrected chi connectivity index (χ3v) is 5.41. The summed E-state index contributed by atoms with van der Waals surface area (Å²) >= 11 is 1.52. The number of benzene rings is 1. The molecule has 4 rings (SSSR count). The number of halogens is 1. The van der Waals surface area contributed by atoms with Crippen molar-refractivity contribution >= 4 is 23.1 Å². The van der Waals surface area contributed by atoms with E-state index in [9.17, 15) is 9.18 Å².